The second-order valence-corrected chi connectivity index (χ2v) is 8.37. The minimum Gasteiger partial charge on any atom is -0.454 e. The molecule has 1 N–H and O–H groups in total. The number of hydrogen-bond donors (Lipinski definition) is 1. The largest absolute Gasteiger partial charge is 0.454 e. The average molecular weight is 486 g/mol. The predicted molar refractivity (Wildman–Crippen MR) is 128 cm³/mol. The summed E-state index contributed by atoms with van der Waals surface area (Å²) in [6.07, 6.45) is 0. The van der Waals surface area contributed by atoms with Gasteiger partial charge in [-0.25, -0.2) is 9.37 Å². The Balaban J connectivity index is 1.59. The Labute approximate surface area is 199 Å². The normalized spacial score (nSPS) is 10.9. The Kier molecular flexibility index (Phi) is 7.39. The van der Waals surface area contributed by atoms with Crippen LogP contribution in [0.1, 0.15) is 16.3 Å². The maximum atomic E-state index is 13.3. The molecule has 0 radical (unpaired) electrons. The molecule has 170 valence electrons. The predicted octanol–water partition coefficient (Wildman–Crippen LogP) is 5.91. The molecule has 33 heavy (non-hydrogen) atoms. The van der Waals surface area contributed by atoms with Gasteiger partial charge in [0.15, 0.2) is 10.9 Å². The summed E-state index contributed by atoms with van der Waals surface area (Å²) in [4.78, 5) is 19.0. The maximum Gasteiger partial charge on any atom is 0.287 e. The molecule has 2 aromatic carbocycles. The molecule has 0 bridgehead atoms. The molecule has 0 aliphatic heterocycles. The van der Waals surface area contributed by atoms with Gasteiger partial charge in [-0.2, -0.15) is 0 Å². The van der Waals surface area contributed by atoms with Crippen LogP contribution in [0, 0.1) is 5.82 Å². The van der Waals surface area contributed by atoms with E-state index in [9.17, 15) is 9.18 Å². The standard InChI is InChI=1S/C24H21ClFN3O3S/c1-31-13-12-27-23(30)22-11-10-20(32-22)14-29(19-8-4-17(25)5-9-19)24-28-21(15-33-24)16-2-6-18(26)7-3-16/h2-11,15H,12-14H2,1H3,(H,27,30). The van der Waals surface area contributed by atoms with Crippen molar-refractivity contribution in [3.8, 4) is 11.3 Å². The third-order valence-electron chi connectivity index (χ3n) is 4.79. The van der Waals surface area contributed by atoms with Crippen LogP contribution in [0.15, 0.2) is 70.5 Å². The Morgan fingerprint density at radius 1 is 1.15 bits per heavy atom. The van der Waals surface area contributed by atoms with Crippen molar-refractivity contribution >= 4 is 39.7 Å². The average Bonchev–Trinajstić information content (AvgIpc) is 3.49. The lowest BCUT2D eigenvalue weighted by atomic mass is 10.2. The fourth-order valence-electron chi connectivity index (χ4n) is 3.13. The molecule has 1 amide bonds. The quantitative estimate of drug-likeness (QED) is 0.298. The molecule has 0 saturated heterocycles. The summed E-state index contributed by atoms with van der Waals surface area (Å²) in [6, 6.07) is 17.0. The molecule has 0 aliphatic carbocycles. The van der Waals surface area contributed by atoms with Gasteiger partial charge in [-0.1, -0.05) is 11.6 Å². The number of ether oxygens (including phenoxy) is 1. The zero-order valence-electron chi connectivity index (χ0n) is 17.8. The van der Waals surface area contributed by atoms with Gasteiger partial charge in [0, 0.05) is 35.3 Å². The summed E-state index contributed by atoms with van der Waals surface area (Å²) in [6.45, 7) is 1.17. The first kappa shape index (κ1) is 23.0. The van der Waals surface area contributed by atoms with Crippen LogP contribution in [0.2, 0.25) is 5.02 Å². The van der Waals surface area contributed by atoms with Crippen molar-refractivity contribution in [1.29, 1.82) is 0 Å². The summed E-state index contributed by atoms with van der Waals surface area (Å²) in [5.74, 6) is 0.227. The number of benzene rings is 2. The molecule has 6 nitrogen and oxygen atoms in total. The van der Waals surface area contributed by atoms with Crippen molar-refractivity contribution in [3.05, 3.63) is 88.4 Å². The van der Waals surface area contributed by atoms with E-state index in [-0.39, 0.29) is 17.5 Å². The lowest BCUT2D eigenvalue weighted by Crippen LogP contribution is -2.26. The first-order chi connectivity index (χ1) is 16.0. The third kappa shape index (κ3) is 5.78. The number of thiazole rings is 1. The summed E-state index contributed by atoms with van der Waals surface area (Å²) in [5.41, 5.74) is 2.43. The van der Waals surface area contributed by atoms with Gasteiger partial charge in [0.25, 0.3) is 5.91 Å². The van der Waals surface area contributed by atoms with Crippen molar-refractivity contribution in [3.63, 3.8) is 0 Å². The highest BCUT2D eigenvalue weighted by Gasteiger charge is 2.18. The van der Waals surface area contributed by atoms with Crippen molar-refractivity contribution in [2.24, 2.45) is 0 Å². The van der Waals surface area contributed by atoms with E-state index in [1.54, 1.807) is 43.5 Å². The molecule has 0 fully saturated rings. The minimum atomic E-state index is -0.302. The van der Waals surface area contributed by atoms with E-state index in [4.69, 9.17) is 25.7 Å². The number of methoxy groups -OCH3 is 1. The lowest BCUT2D eigenvalue weighted by Gasteiger charge is -2.21. The Hall–Kier alpha value is -3.20. The van der Waals surface area contributed by atoms with Crippen LogP contribution in [-0.2, 0) is 11.3 Å². The summed E-state index contributed by atoms with van der Waals surface area (Å²) in [7, 11) is 1.57. The van der Waals surface area contributed by atoms with E-state index >= 15 is 0 Å². The van der Waals surface area contributed by atoms with Crippen molar-refractivity contribution in [2.75, 3.05) is 25.2 Å². The van der Waals surface area contributed by atoms with Gasteiger partial charge >= 0.3 is 0 Å². The molecule has 2 aromatic heterocycles. The topological polar surface area (TPSA) is 67.6 Å². The molecule has 0 aliphatic rings. The second-order valence-electron chi connectivity index (χ2n) is 7.10. The zero-order chi connectivity index (χ0) is 23.2. The number of nitrogens with zero attached hydrogens (tertiary/aromatic N) is 2. The van der Waals surface area contributed by atoms with Gasteiger partial charge in [-0.05, 0) is 60.7 Å². The number of rotatable bonds is 9. The lowest BCUT2D eigenvalue weighted by molar-refractivity contribution is 0.0908. The van der Waals surface area contributed by atoms with Gasteiger partial charge in [0.05, 0.1) is 18.8 Å². The first-order valence-corrected chi connectivity index (χ1v) is 11.4. The fourth-order valence-corrected chi connectivity index (χ4v) is 4.11. The Morgan fingerprint density at radius 2 is 1.91 bits per heavy atom. The fraction of sp³-hybridized carbons (Fsp3) is 0.167. The monoisotopic (exact) mass is 485 g/mol. The van der Waals surface area contributed by atoms with Crippen molar-refractivity contribution < 1.29 is 18.3 Å². The number of aromatic nitrogens is 1. The van der Waals surface area contributed by atoms with E-state index < -0.39 is 0 Å². The smallest absolute Gasteiger partial charge is 0.287 e. The number of hydrogen-bond acceptors (Lipinski definition) is 6. The highest BCUT2D eigenvalue weighted by atomic mass is 35.5. The number of carbonyl (C=O) groups excluding carboxylic acids is 1. The number of amides is 1. The van der Waals surface area contributed by atoms with Crippen LogP contribution in [0.4, 0.5) is 15.2 Å². The van der Waals surface area contributed by atoms with Crippen LogP contribution in [0.5, 0.6) is 0 Å². The van der Waals surface area contributed by atoms with Crippen LogP contribution in [-0.4, -0.2) is 31.2 Å². The van der Waals surface area contributed by atoms with Crippen LogP contribution in [0.25, 0.3) is 11.3 Å². The Morgan fingerprint density at radius 3 is 2.64 bits per heavy atom. The van der Waals surface area contributed by atoms with Crippen LogP contribution in [0.3, 0.4) is 0 Å². The number of carbonyl (C=O) groups is 1. The van der Waals surface area contributed by atoms with Gasteiger partial charge in [-0.15, -0.1) is 11.3 Å². The molecule has 9 heteroatoms. The molecule has 4 rings (SSSR count). The third-order valence-corrected chi connectivity index (χ3v) is 5.91. The van der Waals surface area contributed by atoms with E-state index in [0.29, 0.717) is 30.5 Å². The summed E-state index contributed by atoms with van der Waals surface area (Å²) >= 11 is 7.53. The molecular weight excluding hydrogens is 465 g/mol. The first-order valence-electron chi connectivity index (χ1n) is 10.1. The number of nitrogens with one attached hydrogen (secondary N) is 1. The second kappa shape index (κ2) is 10.6. The SMILES string of the molecule is COCCNC(=O)c1ccc(CN(c2ccc(Cl)cc2)c2nc(-c3ccc(F)cc3)cs2)o1. The van der Waals surface area contributed by atoms with E-state index in [1.165, 1.54) is 23.5 Å². The molecule has 2 heterocycles. The highest BCUT2D eigenvalue weighted by Crippen LogP contribution is 2.34. The van der Waals surface area contributed by atoms with Gasteiger partial charge < -0.3 is 19.4 Å². The molecule has 0 unspecified atom stereocenters. The van der Waals surface area contributed by atoms with Gasteiger partial charge in [0.2, 0.25) is 0 Å². The van der Waals surface area contributed by atoms with Crippen LogP contribution < -0.4 is 10.2 Å². The van der Waals surface area contributed by atoms with Gasteiger partial charge in [-0.3, -0.25) is 4.79 Å². The van der Waals surface area contributed by atoms with Crippen molar-refractivity contribution in [2.45, 2.75) is 6.54 Å². The van der Waals surface area contributed by atoms with Crippen molar-refractivity contribution in [1.82, 2.24) is 10.3 Å². The number of furan rings is 1. The zero-order valence-corrected chi connectivity index (χ0v) is 19.3. The number of halogens is 2. The molecule has 0 atom stereocenters. The summed E-state index contributed by atoms with van der Waals surface area (Å²) < 4.78 is 24.0. The highest BCUT2D eigenvalue weighted by molar-refractivity contribution is 7.14. The molecule has 0 spiro atoms. The number of anilines is 2. The van der Waals surface area contributed by atoms with E-state index in [1.807, 2.05) is 22.4 Å². The van der Waals surface area contributed by atoms with E-state index in [2.05, 4.69) is 5.32 Å². The minimum absolute atomic E-state index is 0.225. The summed E-state index contributed by atoms with van der Waals surface area (Å²) in [5, 5.41) is 6.00. The molecule has 4 aromatic rings. The molecular formula is C24H21ClFN3O3S. The van der Waals surface area contributed by atoms with E-state index in [0.717, 1.165) is 22.1 Å². The Bertz CT molecular complexity index is 1210. The molecule has 0 saturated carbocycles. The maximum absolute atomic E-state index is 13.3. The van der Waals surface area contributed by atoms with Crippen LogP contribution >= 0.6 is 22.9 Å². The van der Waals surface area contributed by atoms with Gasteiger partial charge in [0.1, 0.15) is 11.6 Å².